The number of hydrogen-bond donors (Lipinski definition) is 0. The van der Waals surface area contributed by atoms with E-state index in [2.05, 4.69) is 6.92 Å². The first-order chi connectivity index (χ1) is 5.85. The fourth-order valence-electron chi connectivity index (χ4n) is 0.661. The third-order valence-electron chi connectivity index (χ3n) is 1.24. The van der Waals surface area contributed by atoms with E-state index in [4.69, 9.17) is 13.3 Å². The highest BCUT2D eigenvalue weighted by Gasteiger charge is 2.16. The van der Waals surface area contributed by atoms with Crippen LogP contribution >= 0.6 is 0 Å². The Balaban J connectivity index is 3.34. The summed E-state index contributed by atoms with van der Waals surface area (Å²) in [6.45, 7) is 8.13. The second-order valence-corrected chi connectivity index (χ2v) is 3.68. The van der Waals surface area contributed by atoms with Gasteiger partial charge in [-0.05, 0) is 20.3 Å². The van der Waals surface area contributed by atoms with Gasteiger partial charge in [0.15, 0.2) is 0 Å². The van der Waals surface area contributed by atoms with Crippen molar-refractivity contribution in [3.8, 4) is 0 Å². The van der Waals surface area contributed by atoms with Crippen LogP contribution in [0.5, 0.6) is 0 Å². The maximum absolute atomic E-state index is 5.42. The predicted molar refractivity (Wildman–Crippen MR) is 49.9 cm³/mol. The van der Waals surface area contributed by atoms with E-state index in [1.165, 1.54) is 0 Å². The van der Waals surface area contributed by atoms with Crippen LogP contribution in [0.25, 0.3) is 0 Å². The molecular formula is C8H19O3Si. The number of unbranched alkanes of at least 4 members (excludes halogenated alkanes) is 1. The van der Waals surface area contributed by atoms with Crippen LogP contribution < -0.4 is 0 Å². The molecule has 0 bridgehead atoms. The fourth-order valence-corrected chi connectivity index (χ4v) is 1.69. The lowest BCUT2D eigenvalue weighted by molar-refractivity contribution is 0.101. The zero-order valence-corrected chi connectivity index (χ0v) is 9.26. The summed E-state index contributed by atoms with van der Waals surface area (Å²) in [5.41, 5.74) is 0. The van der Waals surface area contributed by atoms with Crippen molar-refractivity contribution in [3.63, 3.8) is 0 Å². The molecule has 0 aliphatic carbocycles. The van der Waals surface area contributed by atoms with Gasteiger partial charge in [0.1, 0.15) is 0 Å². The molecule has 4 heteroatoms. The van der Waals surface area contributed by atoms with Gasteiger partial charge in [-0.1, -0.05) is 13.3 Å². The lowest BCUT2D eigenvalue weighted by Crippen LogP contribution is -2.27. The summed E-state index contributed by atoms with van der Waals surface area (Å²) in [5, 5.41) is 0. The first kappa shape index (κ1) is 12.1. The van der Waals surface area contributed by atoms with Gasteiger partial charge in [0.25, 0.3) is 0 Å². The van der Waals surface area contributed by atoms with Gasteiger partial charge in [0, 0.05) is 19.8 Å². The van der Waals surface area contributed by atoms with Crippen LogP contribution in [0.15, 0.2) is 0 Å². The van der Waals surface area contributed by atoms with E-state index in [9.17, 15) is 0 Å². The highest BCUT2D eigenvalue weighted by atomic mass is 28.3. The van der Waals surface area contributed by atoms with Crippen LogP contribution in [0, 0.1) is 0 Å². The van der Waals surface area contributed by atoms with Crippen molar-refractivity contribution in [2.24, 2.45) is 0 Å². The fraction of sp³-hybridized carbons (Fsp3) is 1.00. The van der Waals surface area contributed by atoms with Crippen molar-refractivity contribution in [1.82, 2.24) is 0 Å². The Morgan fingerprint density at radius 2 is 1.50 bits per heavy atom. The molecule has 0 saturated carbocycles. The number of rotatable bonds is 8. The third-order valence-corrected chi connectivity index (χ3v) is 2.73. The average Bonchev–Trinajstić information content (AvgIpc) is 2.06. The molecule has 0 atom stereocenters. The molecule has 12 heavy (non-hydrogen) atoms. The maximum atomic E-state index is 5.42. The summed E-state index contributed by atoms with van der Waals surface area (Å²) < 4.78 is 16.0. The molecule has 1 radical (unpaired) electrons. The minimum absolute atomic E-state index is 0.667. The molecule has 0 aromatic rings. The summed E-state index contributed by atoms with van der Waals surface area (Å²) in [6, 6.07) is 0. The monoisotopic (exact) mass is 191 g/mol. The Kier molecular flexibility index (Phi) is 9.26. The molecule has 73 valence electrons. The maximum Gasteiger partial charge on any atom is 0.577 e. The second kappa shape index (κ2) is 9.19. The highest BCUT2D eigenvalue weighted by molar-refractivity contribution is 6.36. The molecular weight excluding hydrogens is 172 g/mol. The molecule has 0 aromatic heterocycles. The lowest BCUT2D eigenvalue weighted by atomic mass is 10.4. The average molecular weight is 191 g/mol. The van der Waals surface area contributed by atoms with E-state index < -0.39 is 9.53 Å². The highest BCUT2D eigenvalue weighted by Crippen LogP contribution is 1.95. The van der Waals surface area contributed by atoms with Crippen LogP contribution in [0.4, 0.5) is 0 Å². The quantitative estimate of drug-likeness (QED) is 0.433. The minimum Gasteiger partial charge on any atom is -0.371 e. The van der Waals surface area contributed by atoms with E-state index >= 15 is 0 Å². The molecule has 0 saturated heterocycles. The predicted octanol–water partition coefficient (Wildman–Crippen LogP) is 1.86. The van der Waals surface area contributed by atoms with E-state index in [0.717, 1.165) is 19.4 Å². The van der Waals surface area contributed by atoms with Crippen molar-refractivity contribution >= 4 is 9.53 Å². The largest absolute Gasteiger partial charge is 0.577 e. The molecule has 0 heterocycles. The van der Waals surface area contributed by atoms with Crippen molar-refractivity contribution < 1.29 is 13.3 Å². The van der Waals surface area contributed by atoms with Gasteiger partial charge in [-0.25, -0.2) is 0 Å². The van der Waals surface area contributed by atoms with Gasteiger partial charge in [-0.2, -0.15) is 0 Å². The van der Waals surface area contributed by atoms with E-state index in [1.807, 2.05) is 13.8 Å². The molecule has 3 nitrogen and oxygen atoms in total. The first-order valence-electron chi connectivity index (χ1n) is 4.60. The topological polar surface area (TPSA) is 27.7 Å². The molecule has 0 spiro atoms. The summed E-state index contributed by atoms with van der Waals surface area (Å²) in [4.78, 5) is 0. The van der Waals surface area contributed by atoms with Crippen LogP contribution in [-0.4, -0.2) is 29.3 Å². The zero-order chi connectivity index (χ0) is 9.23. The van der Waals surface area contributed by atoms with E-state index in [-0.39, 0.29) is 0 Å². The third kappa shape index (κ3) is 6.79. The van der Waals surface area contributed by atoms with Gasteiger partial charge in [-0.15, -0.1) is 0 Å². The van der Waals surface area contributed by atoms with Gasteiger partial charge < -0.3 is 13.3 Å². The molecule has 0 aliphatic rings. The van der Waals surface area contributed by atoms with E-state index in [1.54, 1.807) is 0 Å². The Bertz CT molecular complexity index is 84.4. The van der Waals surface area contributed by atoms with Crippen LogP contribution in [0.3, 0.4) is 0 Å². The Morgan fingerprint density at radius 1 is 0.917 bits per heavy atom. The van der Waals surface area contributed by atoms with E-state index in [0.29, 0.717) is 13.2 Å². The summed E-state index contributed by atoms with van der Waals surface area (Å²) in [6.07, 6.45) is 2.22. The lowest BCUT2D eigenvalue weighted by Gasteiger charge is -2.11. The van der Waals surface area contributed by atoms with Crippen molar-refractivity contribution in [3.05, 3.63) is 0 Å². The normalized spacial score (nSPS) is 11.0. The number of hydrogen-bond acceptors (Lipinski definition) is 3. The SMILES string of the molecule is CCCCO[Si](OCC)OCC. The van der Waals surface area contributed by atoms with Crippen molar-refractivity contribution in [2.45, 2.75) is 33.6 Å². The van der Waals surface area contributed by atoms with Crippen molar-refractivity contribution in [1.29, 1.82) is 0 Å². The Labute approximate surface area is 77.0 Å². The van der Waals surface area contributed by atoms with Gasteiger partial charge >= 0.3 is 9.53 Å². The zero-order valence-electron chi connectivity index (χ0n) is 8.26. The first-order valence-corrected chi connectivity index (χ1v) is 5.82. The Hall–Kier alpha value is 0.0969. The summed E-state index contributed by atoms with van der Waals surface area (Å²) in [5.74, 6) is 0. The van der Waals surface area contributed by atoms with Crippen LogP contribution in [0.2, 0.25) is 0 Å². The van der Waals surface area contributed by atoms with Gasteiger partial charge in [0.05, 0.1) is 0 Å². The van der Waals surface area contributed by atoms with Crippen molar-refractivity contribution in [2.75, 3.05) is 19.8 Å². The molecule has 0 amide bonds. The molecule has 0 aromatic carbocycles. The second-order valence-electron chi connectivity index (χ2n) is 2.32. The standard InChI is InChI=1S/C8H19O3Si/c1-4-7-8-11-12(9-5-2)10-6-3/h4-8H2,1-3H3. The molecule has 0 unspecified atom stereocenters. The van der Waals surface area contributed by atoms with Gasteiger partial charge in [0.2, 0.25) is 0 Å². The van der Waals surface area contributed by atoms with Gasteiger partial charge in [-0.3, -0.25) is 0 Å². The molecule has 0 rings (SSSR count). The summed E-state index contributed by atoms with van der Waals surface area (Å²) >= 11 is 0. The smallest absolute Gasteiger partial charge is 0.371 e. The molecule has 0 aliphatic heterocycles. The molecule has 0 fully saturated rings. The summed E-state index contributed by atoms with van der Waals surface area (Å²) in [7, 11) is -1.42. The minimum atomic E-state index is -1.42. The van der Waals surface area contributed by atoms with Crippen LogP contribution in [0.1, 0.15) is 33.6 Å². The van der Waals surface area contributed by atoms with Crippen LogP contribution in [-0.2, 0) is 13.3 Å². The molecule has 0 N–H and O–H groups in total. The Morgan fingerprint density at radius 3 is 1.92 bits per heavy atom.